The summed E-state index contributed by atoms with van der Waals surface area (Å²) < 4.78 is 10.5. The Morgan fingerprint density at radius 1 is 1.04 bits per heavy atom. The van der Waals surface area contributed by atoms with Gasteiger partial charge in [0.2, 0.25) is 5.91 Å². The van der Waals surface area contributed by atoms with Crippen molar-refractivity contribution >= 4 is 5.91 Å². The van der Waals surface area contributed by atoms with Crippen molar-refractivity contribution < 1.29 is 14.3 Å². The van der Waals surface area contributed by atoms with E-state index in [1.54, 1.807) is 19.1 Å². The van der Waals surface area contributed by atoms with E-state index in [0.29, 0.717) is 30.9 Å². The second-order valence-corrected chi connectivity index (χ2v) is 5.87. The van der Waals surface area contributed by atoms with Gasteiger partial charge in [-0.3, -0.25) is 4.79 Å². The minimum atomic E-state index is 0.132. The normalized spacial score (nSPS) is 10.3. The maximum atomic E-state index is 12.4. The summed E-state index contributed by atoms with van der Waals surface area (Å²) in [5, 5.41) is 0. The van der Waals surface area contributed by atoms with Gasteiger partial charge < -0.3 is 14.4 Å². The van der Waals surface area contributed by atoms with Gasteiger partial charge >= 0.3 is 0 Å². The average Bonchev–Trinajstić information content (AvgIpc) is 2.61. The van der Waals surface area contributed by atoms with Crippen molar-refractivity contribution in [3.8, 4) is 11.5 Å². The molecule has 0 bridgehead atoms. The molecule has 4 nitrogen and oxygen atoms in total. The van der Waals surface area contributed by atoms with Gasteiger partial charge in [0.25, 0.3) is 0 Å². The molecule has 0 fully saturated rings. The Morgan fingerprint density at radius 2 is 1.75 bits per heavy atom. The molecule has 0 saturated carbocycles. The lowest BCUT2D eigenvalue weighted by Crippen LogP contribution is -2.26. The molecule has 0 saturated heterocycles. The number of rotatable bonds is 7. The van der Waals surface area contributed by atoms with Crippen LogP contribution in [0.2, 0.25) is 0 Å². The molecule has 24 heavy (non-hydrogen) atoms. The highest BCUT2D eigenvalue weighted by Gasteiger charge is 2.11. The molecule has 0 aliphatic heterocycles. The third-order valence-electron chi connectivity index (χ3n) is 4.17. The Kier molecular flexibility index (Phi) is 6.24. The van der Waals surface area contributed by atoms with E-state index in [1.807, 2.05) is 37.4 Å². The second kappa shape index (κ2) is 8.39. The maximum Gasteiger partial charge on any atom is 0.222 e. The van der Waals surface area contributed by atoms with Crippen LogP contribution in [-0.2, 0) is 17.8 Å². The molecule has 0 aliphatic rings. The molecule has 0 spiro atoms. The maximum absolute atomic E-state index is 12.4. The summed E-state index contributed by atoms with van der Waals surface area (Å²) in [6.07, 6.45) is 1.15. The minimum absolute atomic E-state index is 0.132. The predicted octanol–water partition coefficient (Wildman–Crippen LogP) is 3.60. The van der Waals surface area contributed by atoms with Crippen molar-refractivity contribution in [2.45, 2.75) is 26.3 Å². The van der Waals surface area contributed by atoms with E-state index in [0.717, 1.165) is 5.56 Å². The number of aryl methyl sites for hydroxylation is 2. The van der Waals surface area contributed by atoms with Gasteiger partial charge in [0.05, 0.1) is 14.2 Å². The monoisotopic (exact) mass is 327 g/mol. The standard InChI is InChI=1S/C20H25NO3/c1-15-7-5-6-8-17(15)14-21(2)20(22)12-10-16-9-11-18(23-3)19(13-16)24-4/h5-9,11,13H,10,12,14H2,1-4H3. The first-order valence-corrected chi connectivity index (χ1v) is 8.04. The van der Waals surface area contributed by atoms with E-state index in [-0.39, 0.29) is 5.91 Å². The number of hydrogen-bond acceptors (Lipinski definition) is 3. The van der Waals surface area contributed by atoms with Gasteiger partial charge in [-0.25, -0.2) is 0 Å². The van der Waals surface area contributed by atoms with Gasteiger partial charge in [0.15, 0.2) is 11.5 Å². The SMILES string of the molecule is COc1ccc(CCC(=O)N(C)Cc2ccccc2C)cc1OC. The molecule has 1 amide bonds. The van der Waals surface area contributed by atoms with E-state index in [2.05, 4.69) is 19.1 Å². The molecule has 0 heterocycles. The van der Waals surface area contributed by atoms with E-state index in [1.165, 1.54) is 11.1 Å². The molecular formula is C20H25NO3. The lowest BCUT2D eigenvalue weighted by molar-refractivity contribution is -0.130. The highest BCUT2D eigenvalue weighted by atomic mass is 16.5. The molecule has 0 N–H and O–H groups in total. The zero-order valence-electron chi connectivity index (χ0n) is 14.8. The Labute approximate surface area is 144 Å². The van der Waals surface area contributed by atoms with Gasteiger partial charge in [-0.1, -0.05) is 30.3 Å². The zero-order valence-corrected chi connectivity index (χ0v) is 14.8. The molecule has 2 rings (SSSR count). The third-order valence-corrected chi connectivity index (χ3v) is 4.17. The number of ether oxygens (including phenoxy) is 2. The van der Waals surface area contributed by atoms with Crippen LogP contribution in [0.3, 0.4) is 0 Å². The molecule has 0 unspecified atom stereocenters. The van der Waals surface area contributed by atoms with Gasteiger partial charge in [-0.05, 0) is 42.2 Å². The fourth-order valence-corrected chi connectivity index (χ4v) is 2.61. The summed E-state index contributed by atoms with van der Waals surface area (Å²) in [6.45, 7) is 2.70. The average molecular weight is 327 g/mol. The molecule has 0 aliphatic carbocycles. The van der Waals surface area contributed by atoms with Crippen LogP contribution in [-0.4, -0.2) is 32.1 Å². The van der Waals surface area contributed by atoms with E-state index < -0.39 is 0 Å². The largest absolute Gasteiger partial charge is 0.493 e. The van der Waals surface area contributed by atoms with Crippen LogP contribution < -0.4 is 9.47 Å². The first-order valence-electron chi connectivity index (χ1n) is 8.04. The topological polar surface area (TPSA) is 38.8 Å². The van der Waals surface area contributed by atoms with Crippen molar-refractivity contribution in [1.29, 1.82) is 0 Å². The van der Waals surface area contributed by atoms with Crippen molar-refractivity contribution in [1.82, 2.24) is 4.90 Å². The molecule has 4 heteroatoms. The van der Waals surface area contributed by atoms with Crippen molar-refractivity contribution in [3.05, 3.63) is 59.2 Å². The predicted molar refractivity (Wildman–Crippen MR) is 95.5 cm³/mol. The smallest absolute Gasteiger partial charge is 0.222 e. The Hall–Kier alpha value is -2.49. The first kappa shape index (κ1) is 17.9. The van der Waals surface area contributed by atoms with Crippen LogP contribution >= 0.6 is 0 Å². The Morgan fingerprint density at radius 3 is 2.42 bits per heavy atom. The summed E-state index contributed by atoms with van der Waals surface area (Å²) in [5.74, 6) is 1.52. The molecule has 2 aromatic rings. The van der Waals surface area contributed by atoms with Crippen LogP contribution in [0.5, 0.6) is 11.5 Å². The van der Waals surface area contributed by atoms with E-state index >= 15 is 0 Å². The Balaban J connectivity index is 1.94. The van der Waals surface area contributed by atoms with Crippen LogP contribution in [0.4, 0.5) is 0 Å². The lowest BCUT2D eigenvalue weighted by atomic mass is 10.1. The van der Waals surface area contributed by atoms with Crippen LogP contribution in [0.1, 0.15) is 23.1 Å². The highest BCUT2D eigenvalue weighted by molar-refractivity contribution is 5.76. The van der Waals surface area contributed by atoms with Crippen molar-refractivity contribution in [3.63, 3.8) is 0 Å². The van der Waals surface area contributed by atoms with Gasteiger partial charge in [0.1, 0.15) is 0 Å². The summed E-state index contributed by atoms with van der Waals surface area (Å²) in [7, 11) is 5.08. The van der Waals surface area contributed by atoms with Gasteiger partial charge in [-0.15, -0.1) is 0 Å². The number of benzene rings is 2. The van der Waals surface area contributed by atoms with Crippen molar-refractivity contribution in [2.24, 2.45) is 0 Å². The number of methoxy groups -OCH3 is 2. The molecule has 128 valence electrons. The Bertz CT molecular complexity index is 697. The summed E-state index contributed by atoms with van der Waals surface area (Å²) in [4.78, 5) is 14.2. The quantitative estimate of drug-likeness (QED) is 0.780. The van der Waals surface area contributed by atoms with Gasteiger partial charge in [0, 0.05) is 20.0 Å². The number of amides is 1. The molecule has 2 aromatic carbocycles. The number of carbonyl (C=O) groups is 1. The van der Waals surface area contributed by atoms with Crippen LogP contribution in [0.25, 0.3) is 0 Å². The van der Waals surface area contributed by atoms with E-state index in [9.17, 15) is 4.79 Å². The number of carbonyl (C=O) groups excluding carboxylic acids is 1. The van der Waals surface area contributed by atoms with Crippen LogP contribution in [0, 0.1) is 6.92 Å². The van der Waals surface area contributed by atoms with Gasteiger partial charge in [-0.2, -0.15) is 0 Å². The lowest BCUT2D eigenvalue weighted by Gasteiger charge is -2.18. The fourth-order valence-electron chi connectivity index (χ4n) is 2.61. The fraction of sp³-hybridized carbons (Fsp3) is 0.350. The molecule has 0 aromatic heterocycles. The zero-order chi connectivity index (χ0) is 17.5. The summed E-state index contributed by atoms with van der Waals surface area (Å²) in [6, 6.07) is 13.9. The van der Waals surface area contributed by atoms with Crippen molar-refractivity contribution in [2.75, 3.05) is 21.3 Å². The number of nitrogens with zero attached hydrogens (tertiary/aromatic N) is 1. The van der Waals surface area contributed by atoms with Crippen LogP contribution in [0.15, 0.2) is 42.5 Å². The summed E-state index contributed by atoms with van der Waals surface area (Å²) in [5.41, 5.74) is 3.45. The molecular weight excluding hydrogens is 302 g/mol. The minimum Gasteiger partial charge on any atom is -0.493 e. The molecule has 0 atom stereocenters. The summed E-state index contributed by atoms with van der Waals surface area (Å²) >= 11 is 0. The molecule has 0 radical (unpaired) electrons. The highest BCUT2D eigenvalue weighted by Crippen LogP contribution is 2.28. The first-order chi connectivity index (χ1) is 11.5. The third kappa shape index (κ3) is 4.51. The van der Waals surface area contributed by atoms with E-state index in [4.69, 9.17) is 9.47 Å². The second-order valence-electron chi connectivity index (χ2n) is 5.87. The number of hydrogen-bond donors (Lipinski definition) is 0.